The zero-order chi connectivity index (χ0) is 27.5. The van der Waals surface area contributed by atoms with Crippen LogP contribution in [0.4, 0.5) is 0 Å². The van der Waals surface area contributed by atoms with Crippen LogP contribution in [0.3, 0.4) is 0 Å². The Morgan fingerprint density at radius 2 is 0.441 bits per heavy atom. The van der Waals surface area contributed by atoms with E-state index < -0.39 is 0 Å². The lowest BCUT2D eigenvalue weighted by Crippen LogP contribution is -2.29. The summed E-state index contributed by atoms with van der Waals surface area (Å²) >= 11 is 0. The van der Waals surface area contributed by atoms with Gasteiger partial charge in [0, 0.05) is 0 Å². The van der Waals surface area contributed by atoms with E-state index >= 15 is 0 Å². The van der Waals surface area contributed by atoms with Gasteiger partial charge in [0.1, 0.15) is 0 Å². The van der Waals surface area contributed by atoms with Gasteiger partial charge < -0.3 is 14.7 Å². The summed E-state index contributed by atoms with van der Waals surface area (Å²) < 4.78 is 0. The molecular formula is C31H75N3. The van der Waals surface area contributed by atoms with Crippen molar-refractivity contribution in [1.29, 1.82) is 0 Å². The number of hydrogen-bond donors (Lipinski definition) is 0. The second kappa shape index (κ2) is 46.2. The lowest BCUT2D eigenvalue weighted by atomic mass is 10.1. The summed E-state index contributed by atoms with van der Waals surface area (Å²) in [5.74, 6) is 0. The van der Waals surface area contributed by atoms with Crippen LogP contribution in [-0.2, 0) is 0 Å². The summed E-state index contributed by atoms with van der Waals surface area (Å²) in [6, 6.07) is 0. The number of likely N-dealkylation sites (tertiary alicyclic amines) is 3. The molecule has 3 heteroatoms. The van der Waals surface area contributed by atoms with Crippen molar-refractivity contribution in [2.24, 2.45) is 0 Å². The van der Waals surface area contributed by atoms with Gasteiger partial charge in [-0.25, -0.2) is 0 Å². The van der Waals surface area contributed by atoms with Gasteiger partial charge >= 0.3 is 0 Å². The van der Waals surface area contributed by atoms with Gasteiger partial charge in [0.2, 0.25) is 0 Å². The minimum Gasteiger partial charge on any atom is -0.304 e. The minimum absolute atomic E-state index is 1.25. The predicted octanol–water partition coefficient (Wildman–Crippen LogP) is 9.61. The van der Waals surface area contributed by atoms with Crippen molar-refractivity contribution in [3.05, 3.63) is 0 Å². The molecule has 3 fully saturated rings. The fourth-order valence-corrected chi connectivity index (χ4v) is 3.83. The Balaban J connectivity index is -0.000000104. The van der Waals surface area contributed by atoms with E-state index in [-0.39, 0.29) is 0 Å². The second-order valence-electron chi connectivity index (χ2n) is 7.48. The van der Waals surface area contributed by atoms with Crippen molar-refractivity contribution in [2.75, 3.05) is 58.9 Å². The molecule has 3 nitrogen and oxygen atoms in total. The monoisotopic (exact) mass is 490 g/mol. The highest BCUT2D eigenvalue weighted by molar-refractivity contribution is 4.62. The molecule has 3 saturated heterocycles. The average Bonchev–Trinajstić information content (AvgIpc) is 3.00. The van der Waals surface area contributed by atoms with E-state index in [4.69, 9.17) is 0 Å². The fourth-order valence-electron chi connectivity index (χ4n) is 3.83. The molecule has 0 aromatic rings. The summed E-state index contributed by atoms with van der Waals surface area (Å²) in [5.41, 5.74) is 0. The maximum Gasteiger partial charge on any atom is -0.00188 e. The fraction of sp³-hybridized carbons (Fsp3) is 1.00. The van der Waals surface area contributed by atoms with Gasteiger partial charge in [-0.3, -0.25) is 0 Å². The molecule has 3 aliphatic heterocycles. The maximum absolute atomic E-state index is 2.52. The zero-order valence-corrected chi connectivity index (χ0v) is 27.1. The molecule has 0 amide bonds. The maximum atomic E-state index is 2.52. The Bertz CT molecular complexity index is 211. The molecule has 0 saturated carbocycles. The molecule has 34 heavy (non-hydrogen) atoms. The van der Waals surface area contributed by atoms with Crippen LogP contribution < -0.4 is 0 Å². The van der Waals surface area contributed by atoms with Crippen molar-refractivity contribution < 1.29 is 0 Å². The molecule has 0 N–H and O–H groups in total. The first-order valence-electron chi connectivity index (χ1n) is 16.0. The third-order valence-electron chi connectivity index (χ3n) is 5.69. The Labute approximate surface area is 221 Å². The molecule has 0 aromatic heterocycles. The van der Waals surface area contributed by atoms with Gasteiger partial charge in [-0.1, -0.05) is 109 Å². The van der Waals surface area contributed by atoms with Crippen molar-refractivity contribution in [3.8, 4) is 0 Å². The van der Waals surface area contributed by atoms with Crippen LogP contribution in [0.2, 0.25) is 0 Å². The van der Waals surface area contributed by atoms with E-state index in [1.165, 1.54) is 117 Å². The number of piperidine rings is 3. The molecule has 0 atom stereocenters. The summed E-state index contributed by atoms with van der Waals surface area (Å²) in [6.07, 6.45) is 12.9. The van der Waals surface area contributed by atoms with Crippen LogP contribution in [0, 0.1) is 0 Å². The summed E-state index contributed by atoms with van der Waals surface area (Å²) in [5, 5.41) is 0. The minimum atomic E-state index is 1.25. The van der Waals surface area contributed by atoms with Gasteiger partial charge in [0.25, 0.3) is 0 Å². The summed E-state index contributed by atoms with van der Waals surface area (Å²) in [4.78, 5) is 7.55. The Kier molecular flexibility index (Phi) is 59.7. The molecule has 0 radical (unpaired) electrons. The van der Waals surface area contributed by atoms with Crippen LogP contribution in [0.5, 0.6) is 0 Å². The second-order valence-corrected chi connectivity index (χ2v) is 7.48. The lowest BCUT2D eigenvalue weighted by molar-refractivity contribution is 0.240. The highest BCUT2D eigenvalue weighted by atomic mass is 15.1. The van der Waals surface area contributed by atoms with Crippen LogP contribution in [0.15, 0.2) is 0 Å². The van der Waals surface area contributed by atoms with Gasteiger partial charge in [0.05, 0.1) is 0 Å². The predicted molar refractivity (Wildman–Crippen MR) is 165 cm³/mol. The van der Waals surface area contributed by atoms with Crippen molar-refractivity contribution in [1.82, 2.24) is 14.7 Å². The Morgan fingerprint density at radius 3 is 0.529 bits per heavy atom. The number of hydrogen-bond acceptors (Lipinski definition) is 3. The molecule has 0 spiro atoms. The standard InChI is InChI=1S/3C7H15N.5C2H6/c3*1-2-8-6-4-3-5-7-8;5*1-2/h3*2-7H2,1H3;5*1-2H3. The first kappa shape index (κ1) is 43.9. The molecule has 3 heterocycles. The summed E-state index contributed by atoms with van der Waals surface area (Å²) in [7, 11) is 0. The van der Waals surface area contributed by atoms with E-state index in [1.807, 2.05) is 69.2 Å². The first-order valence-corrected chi connectivity index (χ1v) is 16.0. The number of nitrogens with zero attached hydrogens (tertiary/aromatic N) is 3. The van der Waals surface area contributed by atoms with Crippen molar-refractivity contribution in [3.63, 3.8) is 0 Å². The SMILES string of the molecule is CC.CC.CC.CC.CC.CCN1CCCCC1.CCN1CCCCC1.CCN1CCCCC1. The van der Waals surface area contributed by atoms with E-state index in [0.717, 1.165) is 0 Å². The van der Waals surface area contributed by atoms with E-state index in [9.17, 15) is 0 Å². The molecule has 0 unspecified atom stereocenters. The highest BCUT2D eigenvalue weighted by Crippen LogP contribution is 2.08. The third-order valence-corrected chi connectivity index (χ3v) is 5.69. The largest absolute Gasteiger partial charge is 0.304 e. The molecule has 214 valence electrons. The Morgan fingerprint density at radius 1 is 0.294 bits per heavy atom. The zero-order valence-electron chi connectivity index (χ0n) is 27.1. The normalized spacial score (nSPS) is 17.6. The highest BCUT2D eigenvalue weighted by Gasteiger charge is 2.07. The van der Waals surface area contributed by atoms with Gasteiger partial charge in [-0.15, -0.1) is 0 Å². The van der Waals surface area contributed by atoms with Crippen LogP contribution in [0.1, 0.15) is 148 Å². The molecule has 0 aromatic carbocycles. The smallest absolute Gasteiger partial charge is 0.00188 e. The molecule has 0 aliphatic carbocycles. The van der Waals surface area contributed by atoms with Crippen LogP contribution in [0.25, 0.3) is 0 Å². The van der Waals surface area contributed by atoms with Crippen molar-refractivity contribution >= 4 is 0 Å². The molecule has 3 rings (SSSR count). The molecular weight excluding hydrogens is 414 g/mol. The summed E-state index contributed by atoms with van der Waals surface area (Å²) in [6.45, 7) is 38.5. The quantitative estimate of drug-likeness (QED) is 0.390. The van der Waals surface area contributed by atoms with Gasteiger partial charge in [0.15, 0.2) is 0 Å². The van der Waals surface area contributed by atoms with Crippen LogP contribution >= 0.6 is 0 Å². The molecule has 0 bridgehead atoms. The Hall–Kier alpha value is -0.120. The van der Waals surface area contributed by atoms with E-state index in [0.29, 0.717) is 0 Å². The van der Waals surface area contributed by atoms with E-state index in [2.05, 4.69) is 35.5 Å². The molecule has 3 aliphatic rings. The van der Waals surface area contributed by atoms with Gasteiger partial charge in [-0.05, 0) is 97.4 Å². The van der Waals surface area contributed by atoms with Crippen LogP contribution in [-0.4, -0.2) is 73.6 Å². The van der Waals surface area contributed by atoms with Crippen molar-refractivity contribution in [2.45, 2.75) is 148 Å². The average molecular weight is 490 g/mol. The third kappa shape index (κ3) is 34.0. The lowest BCUT2D eigenvalue weighted by Gasteiger charge is -2.24. The number of rotatable bonds is 3. The van der Waals surface area contributed by atoms with E-state index in [1.54, 1.807) is 0 Å². The topological polar surface area (TPSA) is 9.72 Å². The van der Waals surface area contributed by atoms with Gasteiger partial charge in [-0.2, -0.15) is 0 Å². The first-order chi connectivity index (χ1) is 16.8.